The number of hydrogen-bond acceptors (Lipinski definition) is 4. The summed E-state index contributed by atoms with van der Waals surface area (Å²) in [5.41, 5.74) is 2.73. The van der Waals surface area contributed by atoms with E-state index in [0.717, 1.165) is 38.4 Å². The molecule has 2 N–H and O–H groups in total. The van der Waals surface area contributed by atoms with Crippen LogP contribution < -0.4 is 10.6 Å². The Kier molecular flexibility index (Phi) is 13.5. The van der Waals surface area contributed by atoms with Crippen molar-refractivity contribution in [3.8, 4) is 0 Å². The van der Waals surface area contributed by atoms with Gasteiger partial charge < -0.3 is 15.5 Å². The summed E-state index contributed by atoms with van der Waals surface area (Å²) in [7, 11) is 0. The number of carbonyl (C=O) groups excluding carboxylic acids is 1. The maximum absolute atomic E-state index is 12.0. The molecule has 7 heteroatoms. The fourth-order valence-electron chi connectivity index (χ4n) is 2.94. The van der Waals surface area contributed by atoms with Crippen LogP contribution in [0.1, 0.15) is 31.0 Å². The van der Waals surface area contributed by atoms with Crippen LogP contribution in [0.3, 0.4) is 0 Å². The van der Waals surface area contributed by atoms with Crippen molar-refractivity contribution in [3.63, 3.8) is 0 Å². The maximum atomic E-state index is 12.0. The first-order valence-electron chi connectivity index (χ1n) is 8.62. The number of amides is 1. The summed E-state index contributed by atoms with van der Waals surface area (Å²) in [4.78, 5) is 14.4. The molecular formula is C18H31Cl2N3OS. The number of halogens is 2. The van der Waals surface area contributed by atoms with Crippen LogP contribution in [-0.2, 0) is 11.2 Å². The van der Waals surface area contributed by atoms with Gasteiger partial charge in [0.2, 0.25) is 5.91 Å². The minimum absolute atomic E-state index is 0. The molecule has 1 aliphatic heterocycles. The van der Waals surface area contributed by atoms with Crippen LogP contribution in [0.25, 0.3) is 0 Å². The second kappa shape index (κ2) is 13.7. The largest absolute Gasteiger partial charge is 0.353 e. The van der Waals surface area contributed by atoms with Gasteiger partial charge in [0.05, 0.1) is 5.75 Å². The zero-order valence-corrected chi connectivity index (χ0v) is 17.6. The number of rotatable bonds is 9. The van der Waals surface area contributed by atoms with Crippen LogP contribution in [0.15, 0.2) is 24.3 Å². The zero-order valence-electron chi connectivity index (χ0n) is 15.1. The van der Waals surface area contributed by atoms with Crippen molar-refractivity contribution in [1.29, 1.82) is 0 Å². The smallest absolute Gasteiger partial charge is 0.230 e. The van der Waals surface area contributed by atoms with Crippen LogP contribution in [-0.4, -0.2) is 55.0 Å². The molecule has 0 saturated carbocycles. The van der Waals surface area contributed by atoms with E-state index in [2.05, 4.69) is 53.6 Å². The average Bonchev–Trinajstić information content (AvgIpc) is 2.60. The topological polar surface area (TPSA) is 44.4 Å². The number of benzene rings is 1. The Balaban J connectivity index is 0.00000288. The van der Waals surface area contributed by atoms with Crippen molar-refractivity contribution in [3.05, 3.63) is 35.4 Å². The van der Waals surface area contributed by atoms with Crippen molar-refractivity contribution in [1.82, 2.24) is 15.5 Å². The summed E-state index contributed by atoms with van der Waals surface area (Å²) >= 11 is 1.72. The third-order valence-electron chi connectivity index (χ3n) is 4.40. The molecule has 1 aromatic rings. The number of fused-ring (bicyclic) bond motifs is 1. The Labute approximate surface area is 168 Å². The molecule has 144 valence electrons. The number of nitrogens with one attached hydrogen (secondary N) is 2. The molecule has 2 rings (SSSR count). The van der Waals surface area contributed by atoms with E-state index < -0.39 is 0 Å². The summed E-state index contributed by atoms with van der Waals surface area (Å²) in [6.07, 6.45) is 1.07. The summed E-state index contributed by atoms with van der Waals surface area (Å²) in [5, 5.41) is 6.57. The molecule has 4 nitrogen and oxygen atoms in total. The van der Waals surface area contributed by atoms with Gasteiger partial charge in [-0.25, -0.2) is 0 Å². The Morgan fingerprint density at radius 2 is 2.00 bits per heavy atom. The molecular weight excluding hydrogens is 377 g/mol. The zero-order chi connectivity index (χ0) is 16.5. The summed E-state index contributed by atoms with van der Waals surface area (Å²) < 4.78 is 0. The highest BCUT2D eigenvalue weighted by atomic mass is 35.5. The Bertz CT molecular complexity index is 501. The molecule has 1 aromatic carbocycles. The van der Waals surface area contributed by atoms with Gasteiger partial charge in [0.15, 0.2) is 0 Å². The molecule has 0 aromatic heterocycles. The second-order valence-electron chi connectivity index (χ2n) is 5.84. The standard InChI is InChI=1S/C18H29N3OS.2ClH/c1-3-21(4-2)11-12-23-14-18(22)20-13-17-16-8-6-5-7-15(16)9-10-19-17;;/h5-8,17,19H,3-4,9-14H2,1-2H3,(H,20,22);2*1H. The van der Waals surface area contributed by atoms with Gasteiger partial charge in [-0.15, -0.1) is 24.8 Å². The first-order chi connectivity index (χ1) is 11.2. The molecule has 1 unspecified atom stereocenters. The Morgan fingerprint density at radius 1 is 1.28 bits per heavy atom. The SMILES string of the molecule is CCN(CC)CCSCC(=O)NCC1NCCc2ccccc21.Cl.Cl. The van der Waals surface area contributed by atoms with Gasteiger partial charge >= 0.3 is 0 Å². The number of thioether (sulfide) groups is 1. The maximum Gasteiger partial charge on any atom is 0.230 e. The third-order valence-corrected chi connectivity index (χ3v) is 5.34. The lowest BCUT2D eigenvalue weighted by molar-refractivity contribution is -0.118. The molecule has 0 aliphatic carbocycles. The Morgan fingerprint density at radius 3 is 2.72 bits per heavy atom. The van der Waals surface area contributed by atoms with E-state index in [-0.39, 0.29) is 36.8 Å². The monoisotopic (exact) mass is 407 g/mol. The highest BCUT2D eigenvalue weighted by Crippen LogP contribution is 2.21. The average molecular weight is 408 g/mol. The van der Waals surface area contributed by atoms with E-state index in [0.29, 0.717) is 12.3 Å². The van der Waals surface area contributed by atoms with E-state index in [4.69, 9.17) is 0 Å². The van der Waals surface area contributed by atoms with Crippen LogP contribution in [0.4, 0.5) is 0 Å². The Hall–Kier alpha value is -0.460. The van der Waals surface area contributed by atoms with Crippen molar-refractivity contribution < 1.29 is 4.79 Å². The highest BCUT2D eigenvalue weighted by Gasteiger charge is 2.19. The van der Waals surface area contributed by atoms with E-state index >= 15 is 0 Å². The first kappa shape index (κ1) is 24.5. The molecule has 0 spiro atoms. The molecule has 1 amide bonds. The van der Waals surface area contributed by atoms with Gasteiger partial charge in [-0.2, -0.15) is 11.8 Å². The van der Waals surface area contributed by atoms with Gasteiger partial charge in [0.25, 0.3) is 0 Å². The number of carbonyl (C=O) groups is 1. The predicted octanol–water partition coefficient (Wildman–Crippen LogP) is 2.91. The lowest BCUT2D eigenvalue weighted by Gasteiger charge is -2.27. The minimum atomic E-state index is 0. The first-order valence-corrected chi connectivity index (χ1v) is 9.78. The van der Waals surface area contributed by atoms with E-state index in [1.54, 1.807) is 11.8 Å². The van der Waals surface area contributed by atoms with Crippen molar-refractivity contribution in [2.75, 3.05) is 44.2 Å². The fraction of sp³-hybridized carbons (Fsp3) is 0.611. The molecule has 1 heterocycles. The van der Waals surface area contributed by atoms with Gasteiger partial charge in [-0.3, -0.25) is 4.79 Å². The predicted molar refractivity (Wildman–Crippen MR) is 114 cm³/mol. The van der Waals surface area contributed by atoms with Gasteiger partial charge in [0.1, 0.15) is 0 Å². The van der Waals surface area contributed by atoms with Crippen LogP contribution in [0, 0.1) is 0 Å². The van der Waals surface area contributed by atoms with Crippen molar-refractivity contribution in [2.45, 2.75) is 26.3 Å². The van der Waals surface area contributed by atoms with Crippen molar-refractivity contribution in [2.24, 2.45) is 0 Å². The van der Waals surface area contributed by atoms with E-state index in [1.807, 2.05) is 0 Å². The molecule has 0 bridgehead atoms. The molecule has 0 saturated heterocycles. The molecule has 0 fully saturated rings. The van der Waals surface area contributed by atoms with Gasteiger partial charge in [-0.05, 0) is 37.2 Å². The minimum Gasteiger partial charge on any atom is -0.353 e. The van der Waals surface area contributed by atoms with E-state index in [9.17, 15) is 4.79 Å². The summed E-state index contributed by atoms with van der Waals surface area (Å²) in [5.74, 6) is 1.70. The van der Waals surface area contributed by atoms with Gasteiger partial charge in [0, 0.05) is 24.9 Å². The molecule has 1 aliphatic rings. The van der Waals surface area contributed by atoms with Crippen LogP contribution in [0.2, 0.25) is 0 Å². The normalized spacial score (nSPS) is 15.7. The summed E-state index contributed by atoms with van der Waals surface area (Å²) in [6.45, 7) is 9.23. The van der Waals surface area contributed by atoms with Crippen LogP contribution >= 0.6 is 36.6 Å². The lowest BCUT2D eigenvalue weighted by atomic mass is 9.94. The lowest BCUT2D eigenvalue weighted by Crippen LogP contribution is -2.39. The molecule has 1 atom stereocenters. The summed E-state index contributed by atoms with van der Waals surface area (Å²) in [6, 6.07) is 8.76. The van der Waals surface area contributed by atoms with E-state index in [1.165, 1.54) is 11.1 Å². The van der Waals surface area contributed by atoms with Gasteiger partial charge in [-0.1, -0.05) is 38.1 Å². The number of hydrogen-bond donors (Lipinski definition) is 2. The third kappa shape index (κ3) is 8.18. The molecule has 0 radical (unpaired) electrons. The fourth-order valence-corrected chi connectivity index (χ4v) is 3.76. The molecule has 25 heavy (non-hydrogen) atoms. The second-order valence-corrected chi connectivity index (χ2v) is 6.94. The highest BCUT2D eigenvalue weighted by molar-refractivity contribution is 7.99. The van der Waals surface area contributed by atoms with Crippen LogP contribution in [0.5, 0.6) is 0 Å². The quantitative estimate of drug-likeness (QED) is 0.617. The number of nitrogens with zero attached hydrogens (tertiary/aromatic N) is 1. The van der Waals surface area contributed by atoms with Crippen molar-refractivity contribution >= 4 is 42.5 Å².